The van der Waals surface area contributed by atoms with Gasteiger partial charge in [0, 0.05) is 18.3 Å². The summed E-state index contributed by atoms with van der Waals surface area (Å²) in [5, 5.41) is 10.9. The Balaban J connectivity index is 1.81. The van der Waals surface area contributed by atoms with E-state index in [0.29, 0.717) is 18.5 Å². The molecule has 1 heterocycles. The quantitative estimate of drug-likeness (QED) is 0.930. The molecule has 3 rings (SSSR count). The summed E-state index contributed by atoms with van der Waals surface area (Å²) in [6, 6.07) is 9.14. The van der Waals surface area contributed by atoms with Crippen LogP contribution in [0.25, 0.3) is 0 Å². The van der Waals surface area contributed by atoms with E-state index in [-0.39, 0.29) is 5.92 Å². The van der Waals surface area contributed by atoms with Crippen LogP contribution in [0.1, 0.15) is 31.0 Å². The smallest absolute Gasteiger partial charge is 0.131 e. The zero-order chi connectivity index (χ0) is 14.0. The van der Waals surface area contributed by atoms with Crippen molar-refractivity contribution < 1.29 is 9.50 Å². The van der Waals surface area contributed by atoms with Gasteiger partial charge in [-0.2, -0.15) is 0 Å². The van der Waals surface area contributed by atoms with Crippen molar-refractivity contribution in [3.8, 4) is 0 Å². The SMILES string of the molecule is OC1(Cn2ccnc2)CCCC1C(F)c1ccccc1. The maximum absolute atomic E-state index is 14.8. The average molecular weight is 274 g/mol. The standard InChI is InChI=1S/C16H19FN2O/c17-15(13-5-2-1-3-6-13)14-7-4-8-16(14,20)11-19-10-9-18-12-19/h1-3,5-6,9-10,12,14-15,20H,4,7-8,11H2. The van der Waals surface area contributed by atoms with Gasteiger partial charge in [-0.1, -0.05) is 30.3 Å². The lowest BCUT2D eigenvalue weighted by atomic mass is 9.84. The van der Waals surface area contributed by atoms with E-state index in [0.717, 1.165) is 12.8 Å². The number of imidazole rings is 1. The van der Waals surface area contributed by atoms with E-state index in [9.17, 15) is 9.50 Å². The molecule has 106 valence electrons. The Morgan fingerprint density at radius 1 is 1.40 bits per heavy atom. The first kappa shape index (κ1) is 13.3. The lowest BCUT2D eigenvalue weighted by Gasteiger charge is -2.32. The lowest BCUT2D eigenvalue weighted by molar-refractivity contribution is -0.0428. The van der Waals surface area contributed by atoms with Crippen LogP contribution in [0.4, 0.5) is 4.39 Å². The number of aliphatic hydroxyl groups is 1. The molecule has 0 bridgehead atoms. The molecule has 1 aromatic carbocycles. The fourth-order valence-electron chi connectivity index (χ4n) is 3.26. The summed E-state index contributed by atoms with van der Waals surface area (Å²) >= 11 is 0. The molecule has 1 aliphatic rings. The highest BCUT2D eigenvalue weighted by molar-refractivity contribution is 5.20. The number of halogens is 1. The zero-order valence-electron chi connectivity index (χ0n) is 11.3. The summed E-state index contributed by atoms with van der Waals surface area (Å²) < 4.78 is 16.6. The lowest BCUT2D eigenvalue weighted by Crippen LogP contribution is -2.39. The number of alkyl halides is 1. The van der Waals surface area contributed by atoms with Crippen LogP contribution in [0, 0.1) is 5.92 Å². The Labute approximate surface area is 118 Å². The van der Waals surface area contributed by atoms with Gasteiger partial charge in [-0.3, -0.25) is 0 Å². The van der Waals surface area contributed by atoms with Gasteiger partial charge in [0.25, 0.3) is 0 Å². The minimum absolute atomic E-state index is 0.354. The van der Waals surface area contributed by atoms with Gasteiger partial charge >= 0.3 is 0 Å². The van der Waals surface area contributed by atoms with Crippen molar-refractivity contribution in [1.29, 1.82) is 0 Å². The van der Waals surface area contributed by atoms with E-state index in [1.54, 1.807) is 24.7 Å². The molecule has 0 amide bonds. The highest BCUT2D eigenvalue weighted by Crippen LogP contribution is 2.45. The molecule has 0 aliphatic heterocycles. The summed E-state index contributed by atoms with van der Waals surface area (Å²) in [4.78, 5) is 3.98. The number of nitrogens with zero attached hydrogens (tertiary/aromatic N) is 2. The van der Waals surface area contributed by atoms with Crippen molar-refractivity contribution in [2.75, 3.05) is 0 Å². The Morgan fingerprint density at radius 3 is 2.90 bits per heavy atom. The van der Waals surface area contributed by atoms with Crippen molar-refractivity contribution in [2.45, 2.75) is 37.6 Å². The molecule has 2 aromatic rings. The average Bonchev–Trinajstić information content (AvgIpc) is 3.09. The Hall–Kier alpha value is -1.68. The monoisotopic (exact) mass is 274 g/mol. The van der Waals surface area contributed by atoms with Crippen molar-refractivity contribution >= 4 is 0 Å². The predicted octanol–water partition coefficient (Wildman–Crippen LogP) is 3.13. The molecule has 1 N–H and O–H groups in total. The second kappa shape index (κ2) is 5.37. The molecule has 1 saturated carbocycles. The van der Waals surface area contributed by atoms with E-state index in [1.807, 2.05) is 29.0 Å². The Bertz CT molecular complexity index is 543. The van der Waals surface area contributed by atoms with Crippen LogP contribution in [-0.4, -0.2) is 20.3 Å². The first-order chi connectivity index (χ1) is 9.69. The van der Waals surface area contributed by atoms with Crippen molar-refractivity contribution in [2.24, 2.45) is 5.92 Å². The maximum Gasteiger partial charge on any atom is 0.131 e. The molecule has 3 nitrogen and oxygen atoms in total. The van der Waals surface area contributed by atoms with Crippen LogP contribution in [0.2, 0.25) is 0 Å². The van der Waals surface area contributed by atoms with Crippen LogP contribution in [0.3, 0.4) is 0 Å². The molecule has 4 heteroatoms. The molecule has 20 heavy (non-hydrogen) atoms. The van der Waals surface area contributed by atoms with E-state index in [2.05, 4.69) is 4.98 Å². The molecule has 1 aliphatic carbocycles. The predicted molar refractivity (Wildman–Crippen MR) is 74.8 cm³/mol. The van der Waals surface area contributed by atoms with E-state index in [4.69, 9.17) is 0 Å². The van der Waals surface area contributed by atoms with Crippen molar-refractivity contribution in [1.82, 2.24) is 9.55 Å². The second-order valence-corrected chi connectivity index (χ2v) is 5.65. The zero-order valence-corrected chi connectivity index (χ0v) is 11.3. The number of aromatic nitrogens is 2. The molecule has 0 radical (unpaired) electrons. The fraction of sp³-hybridized carbons (Fsp3) is 0.438. The van der Waals surface area contributed by atoms with Gasteiger partial charge in [-0.05, 0) is 24.8 Å². The maximum atomic E-state index is 14.8. The number of benzene rings is 1. The van der Waals surface area contributed by atoms with Gasteiger partial charge in [0.05, 0.1) is 18.5 Å². The molecular weight excluding hydrogens is 255 g/mol. The van der Waals surface area contributed by atoms with Gasteiger partial charge in [-0.15, -0.1) is 0 Å². The van der Waals surface area contributed by atoms with Crippen LogP contribution in [0.5, 0.6) is 0 Å². The Kier molecular flexibility index (Phi) is 3.57. The second-order valence-electron chi connectivity index (χ2n) is 5.65. The minimum Gasteiger partial charge on any atom is -0.388 e. The summed E-state index contributed by atoms with van der Waals surface area (Å²) in [7, 11) is 0. The van der Waals surface area contributed by atoms with Gasteiger partial charge in [0.2, 0.25) is 0 Å². The summed E-state index contributed by atoms with van der Waals surface area (Å²) in [6.07, 6.45) is 6.27. The third kappa shape index (κ3) is 2.48. The van der Waals surface area contributed by atoms with Gasteiger partial charge in [-0.25, -0.2) is 9.37 Å². The number of rotatable bonds is 4. The molecule has 0 saturated heterocycles. The molecule has 1 fully saturated rings. The highest BCUT2D eigenvalue weighted by atomic mass is 19.1. The summed E-state index contributed by atoms with van der Waals surface area (Å²) in [5.41, 5.74) is -0.334. The number of hydrogen-bond acceptors (Lipinski definition) is 2. The van der Waals surface area contributed by atoms with Crippen LogP contribution >= 0.6 is 0 Å². The largest absolute Gasteiger partial charge is 0.388 e. The number of hydrogen-bond donors (Lipinski definition) is 1. The fourth-order valence-corrected chi connectivity index (χ4v) is 3.26. The minimum atomic E-state index is -1.12. The topological polar surface area (TPSA) is 38.0 Å². The van der Waals surface area contributed by atoms with Gasteiger partial charge in [0.15, 0.2) is 0 Å². The molecular formula is C16H19FN2O. The molecule has 3 atom stereocenters. The highest BCUT2D eigenvalue weighted by Gasteiger charge is 2.46. The molecule has 0 spiro atoms. The summed E-state index contributed by atoms with van der Waals surface area (Å²) in [5.74, 6) is -0.354. The normalized spacial score (nSPS) is 27.6. The van der Waals surface area contributed by atoms with E-state index in [1.165, 1.54) is 0 Å². The van der Waals surface area contributed by atoms with Crippen molar-refractivity contribution in [3.05, 3.63) is 54.6 Å². The van der Waals surface area contributed by atoms with Gasteiger partial charge in [0.1, 0.15) is 6.17 Å². The third-order valence-corrected chi connectivity index (χ3v) is 4.30. The van der Waals surface area contributed by atoms with Crippen LogP contribution in [-0.2, 0) is 6.54 Å². The molecule has 1 aromatic heterocycles. The molecule has 3 unspecified atom stereocenters. The van der Waals surface area contributed by atoms with E-state index >= 15 is 0 Å². The van der Waals surface area contributed by atoms with Crippen molar-refractivity contribution in [3.63, 3.8) is 0 Å². The van der Waals surface area contributed by atoms with Gasteiger partial charge < -0.3 is 9.67 Å². The van der Waals surface area contributed by atoms with Crippen LogP contribution < -0.4 is 0 Å². The first-order valence-corrected chi connectivity index (χ1v) is 7.06. The Morgan fingerprint density at radius 2 is 2.20 bits per heavy atom. The third-order valence-electron chi connectivity index (χ3n) is 4.30. The van der Waals surface area contributed by atoms with Crippen LogP contribution in [0.15, 0.2) is 49.1 Å². The first-order valence-electron chi connectivity index (χ1n) is 7.06. The summed E-state index contributed by atoms with van der Waals surface area (Å²) in [6.45, 7) is 0.408. The van der Waals surface area contributed by atoms with E-state index < -0.39 is 11.8 Å².